The van der Waals surface area contributed by atoms with Crippen LogP contribution in [0.1, 0.15) is 0 Å². The first-order valence-corrected chi connectivity index (χ1v) is 8.64. The summed E-state index contributed by atoms with van der Waals surface area (Å²) in [5.74, 6) is 0.571. The quantitative estimate of drug-likeness (QED) is 0.690. The van der Waals surface area contributed by atoms with Gasteiger partial charge in [-0.05, 0) is 12.1 Å². The lowest BCUT2D eigenvalue weighted by Crippen LogP contribution is -2.50. The van der Waals surface area contributed by atoms with E-state index < -0.39 is 0 Å². The minimum atomic E-state index is -0.384. The zero-order chi connectivity index (χ0) is 18.8. The van der Waals surface area contributed by atoms with Crippen LogP contribution in [-0.4, -0.2) is 56.7 Å². The van der Waals surface area contributed by atoms with Crippen LogP contribution in [0.15, 0.2) is 52.4 Å². The molecule has 27 heavy (non-hydrogen) atoms. The second-order valence-electron chi connectivity index (χ2n) is 6.31. The molecule has 138 valence electrons. The number of anilines is 1. The van der Waals surface area contributed by atoms with Crippen molar-refractivity contribution in [3.8, 4) is 0 Å². The zero-order valence-corrected chi connectivity index (χ0v) is 14.5. The van der Waals surface area contributed by atoms with Crippen LogP contribution in [0.25, 0.3) is 10.8 Å². The van der Waals surface area contributed by atoms with E-state index in [1.807, 2.05) is 0 Å². The van der Waals surface area contributed by atoms with Crippen LogP contribution in [0.5, 0.6) is 0 Å². The van der Waals surface area contributed by atoms with Crippen LogP contribution < -0.4 is 16.0 Å². The lowest BCUT2D eigenvalue weighted by atomic mass is 10.2. The van der Waals surface area contributed by atoms with Gasteiger partial charge in [0.05, 0.1) is 17.0 Å². The van der Waals surface area contributed by atoms with E-state index in [4.69, 9.17) is 0 Å². The highest BCUT2D eigenvalue weighted by atomic mass is 16.2. The highest BCUT2D eigenvalue weighted by molar-refractivity contribution is 5.81. The molecular weight excluding hydrogens is 348 g/mol. The van der Waals surface area contributed by atoms with E-state index in [1.165, 1.54) is 0 Å². The zero-order valence-electron chi connectivity index (χ0n) is 14.5. The number of rotatable bonds is 3. The number of carbonyl (C=O) groups is 1. The predicted molar refractivity (Wildman–Crippen MR) is 99.7 cm³/mol. The van der Waals surface area contributed by atoms with Crippen LogP contribution in [0, 0.1) is 0 Å². The summed E-state index contributed by atoms with van der Waals surface area (Å²) in [6, 6.07) is 6.57. The standard InChI is InChI=1S/C18H18N6O3/c25-16(23-9-7-22(8-10-23)15-11-19-5-6-20-15)12-24-18(27)14-4-2-1-3-13(14)17(26)21-24/h1-6,11H,7-10,12H2,(H,21,26). The largest absolute Gasteiger partial charge is 0.352 e. The normalized spacial score (nSPS) is 14.5. The summed E-state index contributed by atoms with van der Waals surface area (Å²) in [5.41, 5.74) is -0.762. The van der Waals surface area contributed by atoms with Gasteiger partial charge in [0.1, 0.15) is 12.4 Å². The Hall–Kier alpha value is -3.49. The van der Waals surface area contributed by atoms with Crippen LogP contribution in [0.3, 0.4) is 0 Å². The van der Waals surface area contributed by atoms with Gasteiger partial charge in [-0.1, -0.05) is 12.1 Å². The Morgan fingerprint density at radius 2 is 1.78 bits per heavy atom. The number of H-pyrrole nitrogens is 1. The van der Waals surface area contributed by atoms with Gasteiger partial charge in [0.15, 0.2) is 0 Å². The minimum Gasteiger partial charge on any atom is -0.352 e. The first-order chi connectivity index (χ1) is 13.1. The molecule has 9 heteroatoms. The topological polar surface area (TPSA) is 104 Å². The van der Waals surface area contributed by atoms with Gasteiger partial charge in [0.25, 0.3) is 11.1 Å². The van der Waals surface area contributed by atoms with Gasteiger partial charge in [0.2, 0.25) is 5.91 Å². The van der Waals surface area contributed by atoms with E-state index >= 15 is 0 Å². The fraction of sp³-hybridized carbons (Fsp3) is 0.278. The first-order valence-electron chi connectivity index (χ1n) is 8.64. The molecule has 0 atom stereocenters. The number of piperazine rings is 1. The summed E-state index contributed by atoms with van der Waals surface area (Å²) in [4.78, 5) is 49.4. The maximum atomic E-state index is 12.6. The van der Waals surface area contributed by atoms with E-state index in [2.05, 4.69) is 20.0 Å². The van der Waals surface area contributed by atoms with Gasteiger partial charge in [-0.2, -0.15) is 0 Å². The molecule has 1 aliphatic heterocycles. The number of aromatic nitrogens is 4. The fourth-order valence-corrected chi connectivity index (χ4v) is 3.23. The Morgan fingerprint density at radius 3 is 2.48 bits per heavy atom. The summed E-state index contributed by atoms with van der Waals surface area (Å²) in [6.45, 7) is 2.11. The van der Waals surface area contributed by atoms with Crippen molar-refractivity contribution in [1.82, 2.24) is 24.6 Å². The number of carbonyl (C=O) groups excluding carboxylic acids is 1. The lowest BCUT2D eigenvalue weighted by molar-refractivity contribution is -0.132. The minimum absolute atomic E-state index is 0.190. The van der Waals surface area contributed by atoms with Crippen LogP contribution in [-0.2, 0) is 11.3 Å². The number of amides is 1. The SMILES string of the molecule is O=C(Cn1[nH]c(=O)c2ccccc2c1=O)N1CCN(c2cnccn2)CC1. The molecule has 1 fully saturated rings. The molecule has 1 aromatic carbocycles. The molecule has 1 aliphatic rings. The van der Waals surface area contributed by atoms with Gasteiger partial charge in [-0.3, -0.25) is 24.5 Å². The number of benzene rings is 1. The Bertz CT molecular complexity index is 1080. The Balaban J connectivity index is 1.48. The smallest absolute Gasteiger partial charge is 0.273 e. The number of aromatic amines is 1. The molecule has 2 aromatic heterocycles. The van der Waals surface area contributed by atoms with E-state index in [0.29, 0.717) is 37.0 Å². The molecule has 9 nitrogen and oxygen atoms in total. The van der Waals surface area contributed by atoms with Crippen LogP contribution >= 0.6 is 0 Å². The summed E-state index contributed by atoms with van der Waals surface area (Å²) in [6.07, 6.45) is 4.94. The van der Waals surface area contributed by atoms with Crippen molar-refractivity contribution in [2.24, 2.45) is 0 Å². The predicted octanol–water partition coefficient (Wildman–Crippen LogP) is -0.171. The molecule has 0 saturated carbocycles. The average Bonchev–Trinajstić information content (AvgIpc) is 2.72. The van der Waals surface area contributed by atoms with Gasteiger partial charge in [-0.15, -0.1) is 0 Å². The van der Waals surface area contributed by atoms with Crippen molar-refractivity contribution in [2.75, 3.05) is 31.1 Å². The molecule has 0 radical (unpaired) electrons. The molecule has 0 bridgehead atoms. The summed E-state index contributed by atoms with van der Waals surface area (Å²) in [7, 11) is 0. The average molecular weight is 366 g/mol. The first kappa shape index (κ1) is 17.0. The maximum absolute atomic E-state index is 12.6. The van der Waals surface area contributed by atoms with Gasteiger partial charge >= 0.3 is 0 Å². The third kappa shape index (κ3) is 3.31. The molecule has 1 saturated heterocycles. The van der Waals surface area contributed by atoms with Crippen molar-refractivity contribution >= 4 is 22.5 Å². The van der Waals surface area contributed by atoms with Crippen LogP contribution in [0.4, 0.5) is 5.82 Å². The molecule has 0 spiro atoms. The fourth-order valence-electron chi connectivity index (χ4n) is 3.23. The Labute approximate surface area is 153 Å². The highest BCUT2D eigenvalue weighted by Crippen LogP contribution is 2.11. The molecule has 1 amide bonds. The second kappa shape index (κ2) is 7.02. The third-order valence-corrected chi connectivity index (χ3v) is 4.68. The number of nitrogens with one attached hydrogen (secondary N) is 1. The molecule has 3 heterocycles. The number of nitrogens with zero attached hydrogens (tertiary/aromatic N) is 5. The molecule has 0 unspecified atom stereocenters. The maximum Gasteiger partial charge on any atom is 0.273 e. The van der Waals surface area contributed by atoms with E-state index in [-0.39, 0.29) is 23.6 Å². The van der Waals surface area contributed by atoms with Gasteiger partial charge < -0.3 is 9.80 Å². The summed E-state index contributed by atoms with van der Waals surface area (Å²) >= 11 is 0. The van der Waals surface area contributed by atoms with Gasteiger partial charge in [-0.25, -0.2) is 9.67 Å². The van der Waals surface area contributed by atoms with Crippen molar-refractivity contribution in [3.05, 3.63) is 63.6 Å². The Kier molecular flexibility index (Phi) is 4.41. The summed E-state index contributed by atoms with van der Waals surface area (Å²) < 4.78 is 1.09. The number of fused-ring (bicyclic) bond motifs is 1. The molecule has 0 aliphatic carbocycles. The number of hydrogen-bond acceptors (Lipinski definition) is 6. The van der Waals surface area contributed by atoms with Crippen molar-refractivity contribution < 1.29 is 4.79 Å². The van der Waals surface area contributed by atoms with Crippen molar-refractivity contribution in [3.63, 3.8) is 0 Å². The molecule has 4 rings (SSSR count). The van der Waals surface area contributed by atoms with Crippen molar-refractivity contribution in [2.45, 2.75) is 6.54 Å². The van der Waals surface area contributed by atoms with E-state index in [9.17, 15) is 14.4 Å². The molecule has 3 aromatic rings. The summed E-state index contributed by atoms with van der Waals surface area (Å²) in [5, 5.41) is 3.13. The highest BCUT2D eigenvalue weighted by Gasteiger charge is 2.22. The van der Waals surface area contributed by atoms with E-state index in [1.54, 1.807) is 47.8 Å². The second-order valence-corrected chi connectivity index (χ2v) is 6.31. The number of hydrogen-bond donors (Lipinski definition) is 1. The lowest BCUT2D eigenvalue weighted by Gasteiger charge is -2.35. The Morgan fingerprint density at radius 1 is 1.04 bits per heavy atom. The van der Waals surface area contributed by atoms with Crippen molar-refractivity contribution in [1.29, 1.82) is 0 Å². The third-order valence-electron chi connectivity index (χ3n) is 4.68. The van der Waals surface area contributed by atoms with Crippen LogP contribution in [0.2, 0.25) is 0 Å². The molecular formula is C18H18N6O3. The monoisotopic (exact) mass is 366 g/mol. The van der Waals surface area contributed by atoms with Gasteiger partial charge in [0, 0.05) is 38.6 Å². The van der Waals surface area contributed by atoms with E-state index in [0.717, 1.165) is 10.5 Å². The molecule has 1 N–H and O–H groups in total.